The molecule has 1 fully saturated rings. The maximum Gasteiger partial charge on any atom is 0.265 e. The van der Waals surface area contributed by atoms with E-state index < -0.39 is 6.04 Å². The second-order valence-electron chi connectivity index (χ2n) is 5.64. The lowest BCUT2D eigenvalue weighted by Crippen LogP contribution is -2.34. The van der Waals surface area contributed by atoms with Crippen molar-refractivity contribution in [3.05, 3.63) is 46.5 Å². The zero-order chi connectivity index (χ0) is 15.9. The molecule has 1 aromatic carbocycles. The molecule has 1 atom stereocenters. The molecule has 1 aliphatic carbocycles. The minimum absolute atomic E-state index is 0.0255. The molecule has 5 heteroatoms. The molecule has 1 saturated carbocycles. The molecular weight excluding hydrogens is 280 g/mol. The van der Waals surface area contributed by atoms with Gasteiger partial charge in [-0.15, -0.1) is 0 Å². The van der Waals surface area contributed by atoms with E-state index >= 15 is 0 Å². The van der Waals surface area contributed by atoms with Crippen LogP contribution in [0.4, 0.5) is 0 Å². The summed E-state index contributed by atoms with van der Waals surface area (Å²) in [6, 6.07) is 4.85. The van der Waals surface area contributed by atoms with Crippen LogP contribution in [0.25, 0.3) is 10.9 Å². The molecule has 0 aliphatic heterocycles. The lowest BCUT2D eigenvalue weighted by atomic mass is 9.90. The standard InChI is InChI=1S/C17H18N2O3/c1-10-7-8-13(14(20)9-10)19-11(2)18-12-5-4-6-15(22-3)16(12)17(19)21/h4-6,13H,1,7-9H2,2-3H3. The van der Waals surface area contributed by atoms with Gasteiger partial charge in [0.1, 0.15) is 17.0 Å². The van der Waals surface area contributed by atoms with Gasteiger partial charge in [-0.25, -0.2) is 4.98 Å². The Labute approximate surface area is 128 Å². The van der Waals surface area contributed by atoms with E-state index in [-0.39, 0.29) is 11.3 Å². The number of ether oxygens (including phenoxy) is 1. The number of carbonyl (C=O) groups excluding carboxylic acids is 1. The van der Waals surface area contributed by atoms with E-state index in [9.17, 15) is 9.59 Å². The largest absolute Gasteiger partial charge is 0.496 e. The smallest absolute Gasteiger partial charge is 0.265 e. The van der Waals surface area contributed by atoms with Crippen molar-refractivity contribution in [2.45, 2.75) is 32.2 Å². The Bertz CT molecular complexity index is 836. The highest BCUT2D eigenvalue weighted by Crippen LogP contribution is 2.29. The minimum atomic E-state index is -0.459. The second-order valence-corrected chi connectivity index (χ2v) is 5.64. The maximum absolute atomic E-state index is 12.9. The topological polar surface area (TPSA) is 61.2 Å². The average molecular weight is 298 g/mol. The molecule has 0 N–H and O–H groups in total. The third kappa shape index (κ3) is 2.22. The summed E-state index contributed by atoms with van der Waals surface area (Å²) < 4.78 is 6.80. The van der Waals surface area contributed by atoms with Gasteiger partial charge in [0.25, 0.3) is 5.56 Å². The van der Waals surface area contributed by atoms with Gasteiger partial charge in [0.15, 0.2) is 5.78 Å². The average Bonchev–Trinajstić information content (AvgIpc) is 2.48. The number of methoxy groups -OCH3 is 1. The van der Waals surface area contributed by atoms with Crippen LogP contribution in [-0.4, -0.2) is 22.4 Å². The number of carbonyl (C=O) groups is 1. The van der Waals surface area contributed by atoms with Crippen molar-refractivity contribution in [3.63, 3.8) is 0 Å². The number of fused-ring (bicyclic) bond motifs is 1. The van der Waals surface area contributed by atoms with Crippen molar-refractivity contribution in [3.8, 4) is 5.75 Å². The quantitative estimate of drug-likeness (QED) is 0.799. The molecule has 1 aromatic heterocycles. The van der Waals surface area contributed by atoms with E-state index in [1.165, 1.54) is 11.7 Å². The van der Waals surface area contributed by atoms with Gasteiger partial charge >= 0.3 is 0 Å². The molecule has 1 unspecified atom stereocenters. The number of nitrogens with zero attached hydrogens (tertiary/aromatic N) is 2. The maximum atomic E-state index is 12.9. The van der Waals surface area contributed by atoms with Gasteiger partial charge < -0.3 is 4.74 Å². The van der Waals surface area contributed by atoms with E-state index in [1.54, 1.807) is 25.1 Å². The first kappa shape index (κ1) is 14.5. The Morgan fingerprint density at radius 2 is 2.14 bits per heavy atom. The van der Waals surface area contributed by atoms with Crippen molar-refractivity contribution in [1.29, 1.82) is 0 Å². The van der Waals surface area contributed by atoms with Crippen LogP contribution >= 0.6 is 0 Å². The molecule has 0 radical (unpaired) electrons. The van der Waals surface area contributed by atoms with E-state index in [2.05, 4.69) is 11.6 Å². The van der Waals surface area contributed by atoms with Crippen LogP contribution < -0.4 is 10.3 Å². The van der Waals surface area contributed by atoms with E-state index in [1.807, 2.05) is 0 Å². The summed E-state index contributed by atoms with van der Waals surface area (Å²) in [5, 5.41) is 0.424. The first-order chi connectivity index (χ1) is 10.5. The van der Waals surface area contributed by atoms with Gasteiger partial charge in [-0.05, 0) is 31.9 Å². The van der Waals surface area contributed by atoms with Gasteiger partial charge in [-0.2, -0.15) is 0 Å². The SMILES string of the molecule is C=C1CCC(n2c(C)nc3cccc(OC)c3c2=O)C(=O)C1. The summed E-state index contributed by atoms with van der Waals surface area (Å²) >= 11 is 0. The van der Waals surface area contributed by atoms with Crippen LogP contribution in [0, 0.1) is 6.92 Å². The van der Waals surface area contributed by atoms with Crippen molar-refractivity contribution >= 4 is 16.7 Å². The van der Waals surface area contributed by atoms with Crippen LogP contribution in [0.1, 0.15) is 31.1 Å². The highest BCUT2D eigenvalue weighted by atomic mass is 16.5. The summed E-state index contributed by atoms with van der Waals surface area (Å²) in [5.74, 6) is 1.06. The van der Waals surface area contributed by atoms with Gasteiger partial charge in [-0.1, -0.05) is 18.2 Å². The molecule has 0 spiro atoms. The van der Waals surface area contributed by atoms with Crippen molar-refractivity contribution in [1.82, 2.24) is 9.55 Å². The summed E-state index contributed by atoms with van der Waals surface area (Å²) in [6.07, 6.45) is 1.69. The van der Waals surface area contributed by atoms with Crippen molar-refractivity contribution in [2.24, 2.45) is 0 Å². The van der Waals surface area contributed by atoms with Gasteiger partial charge in [-0.3, -0.25) is 14.2 Å². The van der Waals surface area contributed by atoms with Gasteiger partial charge in [0, 0.05) is 6.42 Å². The number of benzene rings is 1. The monoisotopic (exact) mass is 298 g/mol. The molecule has 0 amide bonds. The number of aryl methyl sites for hydroxylation is 1. The number of allylic oxidation sites excluding steroid dienone is 1. The second kappa shape index (κ2) is 5.40. The molecule has 1 aliphatic rings. The molecule has 114 valence electrons. The van der Waals surface area contributed by atoms with Crippen LogP contribution in [0.3, 0.4) is 0 Å². The summed E-state index contributed by atoms with van der Waals surface area (Å²) in [7, 11) is 1.52. The molecule has 2 aromatic rings. The number of rotatable bonds is 2. The third-order valence-corrected chi connectivity index (χ3v) is 4.17. The number of hydrogen-bond donors (Lipinski definition) is 0. The van der Waals surface area contributed by atoms with Gasteiger partial charge in [0.2, 0.25) is 0 Å². The lowest BCUT2D eigenvalue weighted by molar-refractivity contribution is -0.122. The molecular formula is C17H18N2O3. The predicted molar refractivity (Wildman–Crippen MR) is 84.3 cm³/mol. The highest BCUT2D eigenvalue weighted by Gasteiger charge is 2.28. The van der Waals surface area contributed by atoms with Crippen LogP contribution in [0.15, 0.2) is 35.1 Å². The number of Topliss-reactive ketones (excluding diaryl/α,β-unsaturated/α-hetero) is 1. The fourth-order valence-corrected chi connectivity index (χ4v) is 3.09. The Balaban J connectivity index is 2.24. The Kier molecular flexibility index (Phi) is 3.56. The van der Waals surface area contributed by atoms with Crippen LogP contribution in [-0.2, 0) is 4.79 Å². The third-order valence-electron chi connectivity index (χ3n) is 4.17. The zero-order valence-corrected chi connectivity index (χ0v) is 12.8. The van der Waals surface area contributed by atoms with Gasteiger partial charge in [0.05, 0.1) is 18.7 Å². The normalized spacial score (nSPS) is 18.7. The van der Waals surface area contributed by atoms with Crippen LogP contribution in [0.2, 0.25) is 0 Å². The number of aromatic nitrogens is 2. The van der Waals surface area contributed by atoms with Crippen LogP contribution in [0.5, 0.6) is 5.75 Å². The Morgan fingerprint density at radius 1 is 1.36 bits per heavy atom. The molecule has 3 rings (SSSR count). The van der Waals surface area contributed by atoms with E-state index in [0.29, 0.717) is 35.3 Å². The molecule has 0 bridgehead atoms. The lowest BCUT2D eigenvalue weighted by Gasteiger charge is -2.25. The predicted octanol–water partition coefficient (Wildman–Crippen LogP) is 2.56. The number of hydrogen-bond acceptors (Lipinski definition) is 4. The fraction of sp³-hybridized carbons (Fsp3) is 0.353. The van der Waals surface area contributed by atoms with E-state index in [4.69, 9.17) is 4.74 Å². The molecule has 0 saturated heterocycles. The first-order valence-electron chi connectivity index (χ1n) is 7.28. The summed E-state index contributed by atoms with van der Waals surface area (Å²) in [6.45, 7) is 5.63. The van der Waals surface area contributed by atoms with E-state index in [0.717, 1.165) is 12.0 Å². The van der Waals surface area contributed by atoms with Crippen molar-refractivity contribution in [2.75, 3.05) is 7.11 Å². The summed E-state index contributed by atoms with van der Waals surface area (Å²) in [5.41, 5.74) is 1.30. The Morgan fingerprint density at radius 3 is 2.82 bits per heavy atom. The molecule has 1 heterocycles. The number of ketones is 1. The Hall–Kier alpha value is -2.43. The fourth-order valence-electron chi connectivity index (χ4n) is 3.09. The molecule has 22 heavy (non-hydrogen) atoms. The first-order valence-corrected chi connectivity index (χ1v) is 7.28. The van der Waals surface area contributed by atoms with Crippen molar-refractivity contribution < 1.29 is 9.53 Å². The minimum Gasteiger partial charge on any atom is -0.496 e. The highest BCUT2D eigenvalue weighted by molar-refractivity contribution is 5.87. The zero-order valence-electron chi connectivity index (χ0n) is 12.8. The summed E-state index contributed by atoms with van der Waals surface area (Å²) in [4.78, 5) is 29.7. The molecule has 5 nitrogen and oxygen atoms in total.